The molecule has 5 heteroatoms. The molecule has 0 bridgehead atoms. The summed E-state index contributed by atoms with van der Waals surface area (Å²) in [4.78, 5) is 4.91. The predicted molar refractivity (Wildman–Crippen MR) is 98.4 cm³/mol. The van der Waals surface area contributed by atoms with E-state index in [1.807, 2.05) is 13.0 Å². The third kappa shape index (κ3) is 3.06. The number of pyridine rings is 1. The second-order valence-corrected chi connectivity index (χ2v) is 6.39. The van der Waals surface area contributed by atoms with E-state index in [0.717, 1.165) is 24.1 Å². The molecule has 1 aliphatic heterocycles. The standard InChI is InChI=1S/C20H22N4O/c1-2-25-20-19(17-13-21-24-23-17)18(14-9-5-3-6-10-14)15-11-7-4-8-12-16(15)22-20/h3,5-6,9-10H,2,4,7-8,11-13H2,1H3. The summed E-state index contributed by atoms with van der Waals surface area (Å²) in [5.41, 5.74) is 6.74. The molecule has 4 rings (SSSR count). The van der Waals surface area contributed by atoms with Crippen LogP contribution in [-0.4, -0.2) is 23.8 Å². The van der Waals surface area contributed by atoms with Crippen LogP contribution in [0.3, 0.4) is 0 Å². The Morgan fingerprint density at radius 1 is 1.00 bits per heavy atom. The lowest BCUT2D eigenvalue weighted by Crippen LogP contribution is -2.14. The van der Waals surface area contributed by atoms with E-state index in [0.29, 0.717) is 19.0 Å². The number of aryl methyl sites for hydroxylation is 1. The van der Waals surface area contributed by atoms with Crippen LogP contribution in [0.5, 0.6) is 5.88 Å². The molecular formula is C20H22N4O. The summed E-state index contributed by atoms with van der Waals surface area (Å²) < 4.78 is 5.94. The maximum Gasteiger partial charge on any atom is 0.223 e. The minimum Gasteiger partial charge on any atom is -0.477 e. The average Bonchev–Trinajstić information content (AvgIpc) is 3.07. The van der Waals surface area contributed by atoms with E-state index in [1.54, 1.807) is 0 Å². The topological polar surface area (TPSA) is 59.2 Å². The molecule has 0 saturated heterocycles. The predicted octanol–water partition coefficient (Wildman–Crippen LogP) is 4.59. The Balaban J connectivity index is 2.00. The van der Waals surface area contributed by atoms with Crippen molar-refractivity contribution in [1.82, 2.24) is 4.98 Å². The van der Waals surface area contributed by atoms with Crippen molar-refractivity contribution in [1.29, 1.82) is 0 Å². The van der Waals surface area contributed by atoms with E-state index in [-0.39, 0.29) is 0 Å². The molecule has 5 nitrogen and oxygen atoms in total. The van der Waals surface area contributed by atoms with Crippen molar-refractivity contribution in [3.63, 3.8) is 0 Å². The number of rotatable bonds is 4. The van der Waals surface area contributed by atoms with E-state index in [9.17, 15) is 0 Å². The van der Waals surface area contributed by atoms with Gasteiger partial charge in [0.05, 0.1) is 12.2 Å². The van der Waals surface area contributed by atoms with Gasteiger partial charge < -0.3 is 4.74 Å². The molecule has 0 saturated carbocycles. The number of hydrogen-bond acceptors (Lipinski definition) is 5. The van der Waals surface area contributed by atoms with E-state index in [1.165, 1.54) is 41.6 Å². The van der Waals surface area contributed by atoms with E-state index in [4.69, 9.17) is 9.72 Å². The minimum atomic E-state index is 0.486. The number of ether oxygens (including phenoxy) is 1. The molecule has 1 aromatic heterocycles. The maximum absolute atomic E-state index is 5.94. The van der Waals surface area contributed by atoms with Crippen LogP contribution in [0.25, 0.3) is 11.1 Å². The fraction of sp³-hybridized carbons (Fsp3) is 0.400. The number of fused-ring (bicyclic) bond motifs is 1. The van der Waals surface area contributed by atoms with Gasteiger partial charge in [-0.05, 0) is 49.0 Å². The summed E-state index contributed by atoms with van der Waals surface area (Å²) in [5, 5.41) is 12.1. The lowest BCUT2D eigenvalue weighted by atomic mass is 9.89. The van der Waals surface area contributed by atoms with Crippen LogP contribution in [0.1, 0.15) is 43.0 Å². The molecule has 1 aliphatic carbocycles. The molecule has 0 radical (unpaired) electrons. The van der Waals surface area contributed by atoms with Gasteiger partial charge in [0.25, 0.3) is 0 Å². The lowest BCUT2D eigenvalue weighted by molar-refractivity contribution is 0.325. The van der Waals surface area contributed by atoms with Crippen LogP contribution in [0.2, 0.25) is 0 Å². The summed E-state index contributed by atoms with van der Waals surface area (Å²) in [7, 11) is 0. The van der Waals surface area contributed by atoms with Crippen molar-refractivity contribution in [2.75, 3.05) is 13.2 Å². The highest BCUT2D eigenvalue weighted by molar-refractivity contribution is 6.10. The summed E-state index contributed by atoms with van der Waals surface area (Å²) >= 11 is 0. The first-order valence-electron chi connectivity index (χ1n) is 9.06. The van der Waals surface area contributed by atoms with Crippen molar-refractivity contribution in [2.24, 2.45) is 15.4 Å². The molecule has 0 amide bonds. The van der Waals surface area contributed by atoms with Crippen molar-refractivity contribution >= 4 is 5.71 Å². The molecule has 0 spiro atoms. The van der Waals surface area contributed by atoms with Gasteiger partial charge in [0.15, 0.2) is 0 Å². The molecule has 2 aliphatic rings. The van der Waals surface area contributed by atoms with Crippen molar-refractivity contribution in [3.05, 3.63) is 47.2 Å². The van der Waals surface area contributed by atoms with Gasteiger partial charge in [-0.15, -0.1) is 5.10 Å². The van der Waals surface area contributed by atoms with Crippen LogP contribution in [-0.2, 0) is 12.8 Å². The van der Waals surface area contributed by atoms with Gasteiger partial charge >= 0.3 is 0 Å². The first-order chi connectivity index (χ1) is 12.4. The smallest absolute Gasteiger partial charge is 0.223 e. The summed E-state index contributed by atoms with van der Waals surface area (Å²) in [6.45, 7) is 3.06. The van der Waals surface area contributed by atoms with E-state index in [2.05, 4.69) is 39.7 Å². The number of nitrogens with zero attached hydrogens (tertiary/aromatic N) is 4. The zero-order chi connectivity index (χ0) is 17.1. The van der Waals surface area contributed by atoms with Crippen LogP contribution in [0, 0.1) is 0 Å². The summed E-state index contributed by atoms with van der Waals surface area (Å²) in [6, 6.07) is 10.5. The fourth-order valence-corrected chi connectivity index (χ4v) is 3.67. The molecule has 0 N–H and O–H groups in total. The molecule has 2 aromatic rings. The van der Waals surface area contributed by atoms with Gasteiger partial charge in [-0.3, -0.25) is 0 Å². The summed E-state index contributed by atoms with van der Waals surface area (Å²) in [6.07, 6.45) is 5.69. The highest BCUT2D eigenvalue weighted by Gasteiger charge is 2.26. The normalized spacial score (nSPS) is 16.3. The van der Waals surface area contributed by atoms with Crippen molar-refractivity contribution in [2.45, 2.75) is 39.0 Å². The van der Waals surface area contributed by atoms with Crippen molar-refractivity contribution in [3.8, 4) is 17.0 Å². The Labute approximate surface area is 147 Å². The van der Waals surface area contributed by atoms with Gasteiger partial charge in [0.2, 0.25) is 5.88 Å². The Hall–Kier alpha value is -2.56. The third-order valence-corrected chi connectivity index (χ3v) is 4.77. The van der Waals surface area contributed by atoms with Crippen LogP contribution in [0.15, 0.2) is 45.8 Å². The van der Waals surface area contributed by atoms with Gasteiger partial charge in [0.1, 0.15) is 12.3 Å². The third-order valence-electron chi connectivity index (χ3n) is 4.77. The van der Waals surface area contributed by atoms with Crippen LogP contribution < -0.4 is 4.74 Å². The first-order valence-corrected chi connectivity index (χ1v) is 9.06. The maximum atomic E-state index is 5.94. The Morgan fingerprint density at radius 3 is 2.60 bits per heavy atom. The van der Waals surface area contributed by atoms with Crippen molar-refractivity contribution < 1.29 is 4.74 Å². The Bertz CT molecular complexity index is 827. The van der Waals surface area contributed by atoms with Crippen LogP contribution >= 0.6 is 0 Å². The molecule has 1 aromatic carbocycles. The number of hydrogen-bond donors (Lipinski definition) is 0. The molecule has 25 heavy (non-hydrogen) atoms. The largest absolute Gasteiger partial charge is 0.477 e. The quantitative estimate of drug-likeness (QED) is 0.768. The second kappa shape index (κ2) is 7.13. The van der Waals surface area contributed by atoms with Gasteiger partial charge in [-0.1, -0.05) is 36.8 Å². The van der Waals surface area contributed by atoms with E-state index < -0.39 is 0 Å². The molecule has 0 fully saturated rings. The van der Waals surface area contributed by atoms with Gasteiger partial charge in [0, 0.05) is 11.3 Å². The zero-order valence-electron chi connectivity index (χ0n) is 14.5. The zero-order valence-corrected chi connectivity index (χ0v) is 14.5. The summed E-state index contributed by atoms with van der Waals surface area (Å²) in [5.74, 6) is 0.674. The van der Waals surface area contributed by atoms with E-state index >= 15 is 0 Å². The monoisotopic (exact) mass is 334 g/mol. The SMILES string of the molecule is CCOc1nc2c(c(-c3ccccc3)c1C1=NN=NC1)CCCCC2. The molecular weight excluding hydrogens is 312 g/mol. The lowest BCUT2D eigenvalue weighted by Gasteiger charge is -2.20. The molecule has 2 heterocycles. The molecule has 0 unspecified atom stereocenters. The second-order valence-electron chi connectivity index (χ2n) is 6.39. The fourth-order valence-electron chi connectivity index (χ4n) is 3.67. The minimum absolute atomic E-state index is 0.486. The van der Waals surface area contributed by atoms with Gasteiger partial charge in [-0.25, -0.2) is 4.98 Å². The van der Waals surface area contributed by atoms with Crippen LogP contribution in [0.4, 0.5) is 0 Å². The first kappa shape index (κ1) is 15.9. The van der Waals surface area contributed by atoms with Gasteiger partial charge in [-0.2, -0.15) is 5.11 Å². The number of benzene rings is 1. The highest BCUT2D eigenvalue weighted by Crippen LogP contribution is 2.38. The highest BCUT2D eigenvalue weighted by atomic mass is 16.5. The molecule has 128 valence electrons. The average molecular weight is 334 g/mol. The Kier molecular flexibility index (Phi) is 4.55. The number of aromatic nitrogens is 1. The Morgan fingerprint density at radius 2 is 1.84 bits per heavy atom. The molecule has 0 atom stereocenters.